The third kappa shape index (κ3) is 4.44. The average molecular weight is 533 g/mol. The monoisotopic (exact) mass is 532 g/mol. The van der Waals surface area contributed by atoms with Gasteiger partial charge in [0.2, 0.25) is 16.0 Å². The van der Waals surface area contributed by atoms with Gasteiger partial charge in [-0.05, 0) is 61.7 Å². The van der Waals surface area contributed by atoms with Gasteiger partial charge in [-0.3, -0.25) is 4.40 Å². The van der Waals surface area contributed by atoms with Crippen LogP contribution in [0.2, 0.25) is 0 Å². The number of fused-ring (bicyclic) bond motifs is 1. The molecule has 0 unspecified atom stereocenters. The lowest BCUT2D eigenvalue weighted by molar-refractivity contribution is 0.329. The van der Waals surface area contributed by atoms with E-state index in [-0.39, 0.29) is 11.9 Å². The van der Waals surface area contributed by atoms with E-state index in [1.165, 1.54) is 12.1 Å². The maximum absolute atomic E-state index is 13.5. The van der Waals surface area contributed by atoms with Crippen molar-refractivity contribution in [3.8, 4) is 22.6 Å². The highest BCUT2D eigenvalue weighted by atomic mass is 32.2. The Morgan fingerprint density at radius 2 is 1.79 bits per heavy atom. The maximum Gasteiger partial charge on any atom is 0.306 e. The molecule has 0 radical (unpaired) electrons. The molecule has 6 rings (SSSR count). The van der Waals surface area contributed by atoms with Gasteiger partial charge in [-0.25, -0.2) is 22.8 Å². The summed E-state index contributed by atoms with van der Waals surface area (Å²) in [6.07, 6.45) is 6.20. The smallest absolute Gasteiger partial charge is 0.306 e. The molecule has 0 amide bonds. The highest BCUT2D eigenvalue weighted by molar-refractivity contribution is 7.89. The lowest BCUT2D eigenvalue weighted by Gasteiger charge is -2.32. The zero-order chi connectivity index (χ0) is 26.3. The fourth-order valence-electron chi connectivity index (χ4n) is 4.81. The van der Waals surface area contributed by atoms with Gasteiger partial charge in [0.25, 0.3) is 0 Å². The first-order valence-corrected chi connectivity index (χ1v) is 13.7. The molecular formula is C27H25FN6O3S. The number of sulfonamides is 1. The number of imidazole rings is 1. The molecule has 1 fully saturated rings. The van der Waals surface area contributed by atoms with Crippen molar-refractivity contribution in [1.82, 2.24) is 23.7 Å². The Bertz CT molecular complexity index is 1710. The van der Waals surface area contributed by atoms with Gasteiger partial charge in [0.15, 0.2) is 0 Å². The van der Waals surface area contributed by atoms with E-state index in [1.54, 1.807) is 57.7 Å². The Morgan fingerprint density at radius 3 is 2.55 bits per heavy atom. The predicted octanol–water partition coefficient (Wildman–Crippen LogP) is 4.76. The SMILES string of the molecule is Cc1ccccc1S(=O)(=O)N1CCC(Nc2nccc(-c3c(-c4ccc(F)cc4)nc4occn34)n2)CC1. The first-order valence-electron chi connectivity index (χ1n) is 12.3. The van der Waals surface area contributed by atoms with Gasteiger partial charge < -0.3 is 9.73 Å². The molecule has 1 saturated heterocycles. The fourth-order valence-corrected chi connectivity index (χ4v) is 6.50. The zero-order valence-electron chi connectivity index (χ0n) is 20.6. The Balaban J connectivity index is 1.22. The van der Waals surface area contributed by atoms with Crippen LogP contribution in [0.5, 0.6) is 0 Å². The second kappa shape index (κ2) is 9.66. The van der Waals surface area contributed by atoms with Crippen molar-refractivity contribution in [1.29, 1.82) is 0 Å². The quantitative estimate of drug-likeness (QED) is 0.336. The minimum Gasteiger partial charge on any atom is -0.432 e. The average Bonchev–Trinajstić information content (AvgIpc) is 3.51. The van der Waals surface area contributed by atoms with Crippen LogP contribution in [0, 0.1) is 12.7 Å². The van der Waals surface area contributed by atoms with Crippen molar-refractivity contribution in [3.63, 3.8) is 0 Å². The summed E-state index contributed by atoms with van der Waals surface area (Å²) in [5, 5.41) is 3.37. The molecule has 38 heavy (non-hydrogen) atoms. The topological polar surface area (TPSA) is 106 Å². The number of nitrogens with zero attached hydrogens (tertiary/aromatic N) is 5. The third-order valence-corrected chi connectivity index (χ3v) is 8.84. The molecule has 1 aliphatic rings. The zero-order valence-corrected chi connectivity index (χ0v) is 21.4. The molecular weight excluding hydrogens is 507 g/mol. The summed E-state index contributed by atoms with van der Waals surface area (Å²) >= 11 is 0. The highest BCUT2D eigenvalue weighted by Crippen LogP contribution is 2.33. The van der Waals surface area contributed by atoms with Crippen LogP contribution in [0.3, 0.4) is 0 Å². The first kappa shape index (κ1) is 24.3. The van der Waals surface area contributed by atoms with Gasteiger partial charge in [0.1, 0.15) is 23.5 Å². The summed E-state index contributed by atoms with van der Waals surface area (Å²) in [6.45, 7) is 2.62. The minimum absolute atomic E-state index is 0.0181. The van der Waals surface area contributed by atoms with Gasteiger partial charge in [0, 0.05) is 37.1 Å². The Kier molecular flexibility index (Phi) is 6.16. The molecule has 1 N–H and O–H groups in total. The van der Waals surface area contributed by atoms with Gasteiger partial charge in [-0.15, -0.1) is 0 Å². The van der Waals surface area contributed by atoms with E-state index in [1.807, 2.05) is 19.1 Å². The van der Waals surface area contributed by atoms with Crippen LogP contribution in [0.4, 0.5) is 10.3 Å². The number of hydrogen-bond acceptors (Lipinski definition) is 7. The first-order chi connectivity index (χ1) is 18.4. The van der Waals surface area contributed by atoms with Crippen LogP contribution < -0.4 is 5.32 Å². The molecule has 1 aliphatic heterocycles. The van der Waals surface area contributed by atoms with E-state index in [0.29, 0.717) is 59.7 Å². The van der Waals surface area contributed by atoms with Gasteiger partial charge in [0.05, 0.1) is 10.6 Å². The summed E-state index contributed by atoms with van der Waals surface area (Å²) in [6, 6.07) is 15.0. The van der Waals surface area contributed by atoms with Crippen LogP contribution in [0.15, 0.2) is 82.6 Å². The second-order valence-electron chi connectivity index (χ2n) is 9.23. The molecule has 194 valence electrons. The third-order valence-electron chi connectivity index (χ3n) is 6.78. The van der Waals surface area contributed by atoms with E-state index in [0.717, 1.165) is 11.1 Å². The summed E-state index contributed by atoms with van der Waals surface area (Å²) in [7, 11) is -3.54. The Hall–Kier alpha value is -4.09. The van der Waals surface area contributed by atoms with E-state index >= 15 is 0 Å². The number of anilines is 1. The van der Waals surface area contributed by atoms with Gasteiger partial charge in [-0.2, -0.15) is 9.29 Å². The van der Waals surface area contributed by atoms with Crippen molar-refractivity contribution >= 4 is 21.8 Å². The van der Waals surface area contributed by atoms with Crippen LogP contribution in [-0.2, 0) is 10.0 Å². The van der Waals surface area contributed by atoms with Gasteiger partial charge in [-0.1, -0.05) is 18.2 Å². The van der Waals surface area contributed by atoms with Crippen LogP contribution in [0.1, 0.15) is 18.4 Å². The number of nitrogens with one attached hydrogen (secondary N) is 1. The fraction of sp³-hybridized carbons (Fsp3) is 0.222. The normalized spacial score (nSPS) is 15.2. The number of benzene rings is 2. The number of hydrogen-bond donors (Lipinski definition) is 1. The predicted molar refractivity (Wildman–Crippen MR) is 140 cm³/mol. The van der Waals surface area contributed by atoms with E-state index in [9.17, 15) is 12.8 Å². The number of aromatic nitrogens is 4. The van der Waals surface area contributed by atoms with E-state index < -0.39 is 10.0 Å². The highest BCUT2D eigenvalue weighted by Gasteiger charge is 2.30. The van der Waals surface area contributed by atoms with Crippen molar-refractivity contribution in [3.05, 3.63) is 84.6 Å². The number of piperidine rings is 1. The lowest BCUT2D eigenvalue weighted by Crippen LogP contribution is -2.42. The molecule has 0 bridgehead atoms. The number of halogens is 1. The summed E-state index contributed by atoms with van der Waals surface area (Å²) < 4.78 is 48.7. The molecule has 2 aromatic carbocycles. The Morgan fingerprint density at radius 1 is 1.03 bits per heavy atom. The minimum atomic E-state index is -3.54. The molecule has 0 atom stereocenters. The summed E-state index contributed by atoms with van der Waals surface area (Å²) in [5.74, 6) is 0.505. The Labute approximate surface area is 219 Å². The van der Waals surface area contributed by atoms with Crippen LogP contribution in [0.25, 0.3) is 28.5 Å². The lowest BCUT2D eigenvalue weighted by atomic mass is 10.1. The molecule has 3 aromatic heterocycles. The van der Waals surface area contributed by atoms with E-state index in [2.05, 4.69) is 15.3 Å². The number of rotatable bonds is 6. The number of oxazole rings is 1. The van der Waals surface area contributed by atoms with Crippen molar-refractivity contribution in [2.45, 2.75) is 30.7 Å². The van der Waals surface area contributed by atoms with Crippen LogP contribution in [-0.4, -0.2) is 51.2 Å². The van der Waals surface area contributed by atoms with E-state index in [4.69, 9.17) is 9.40 Å². The second-order valence-corrected chi connectivity index (χ2v) is 11.1. The summed E-state index contributed by atoms with van der Waals surface area (Å²) in [4.78, 5) is 14.1. The molecule has 5 aromatic rings. The molecule has 11 heteroatoms. The largest absolute Gasteiger partial charge is 0.432 e. The van der Waals surface area contributed by atoms with Crippen molar-refractivity contribution in [2.75, 3.05) is 18.4 Å². The van der Waals surface area contributed by atoms with Crippen molar-refractivity contribution in [2.24, 2.45) is 0 Å². The molecule has 0 spiro atoms. The molecule has 0 aliphatic carbocycles. The standard InChI is InChI=1S/C27H25FN6O3S/c1-18-4-2-3-5-23(18)38(35,36)33-14-11-21(12-15-33)30-26-29-13-10-22(31-26)25-24(19-6-8-20(28)9-7-19)32-27-34(25)16-17-37-27/h2-10,13,16-17,21H,11-12,14-15H2,1H3,(H,29,30,31). The van der Waals surface area contributed by atoms with Crippen LogP contribution >= 0.6 is 0 Å². The van der Waals surface area contributed by atoms with Crippen molar-refractivity contribution < 1.29 is 17.2 Å². The molecule has 9 nitrogen and oxygen atoms in total. The maximum atomic E-state index is 13.5. The molecule has 0 saturated carbocycles. The number of aryl methyl sites for hydroxylation is 1. The summed E-state index contributed by atoms with van der Waals surface area (Å²) in [5.41, 5.74) is 3.41. The molecule has 4 heterocycles. The van der Waals surface area contributed by atoms with Gasteiger partial charge >= 0.3 is 5.84 Å².